The molecule has 0 fully saturated rings. The molecule has 6 nitrogen and oxygen atoms in total. The van der Waals surface area contributed by atoms with Crippen LogP contribution in [0.3, 0.4) is 0 Å². The van der Waals surface area contributed by atoms with Gasteiger partial charge in [-0.25, -0.2) is 4.98 Å². The van der Waals surface area contributed by atoms with Gasteiger partial charge in [-0.2, -0.15) is 0 Å². The van der Waals surface area contributed by atoms with E-state index < -0.39 is 4.92 Å². The smallest absolute Gasteiger partial charge is 0.270 e. The molecule has 124 valence electrons. The Morgan fingerprint density at radius 1 is 1.35 bits per heavy atom. The van der Waals surface area contributed by atoms with Gasteiger partial charge in [-0.05, 0) is 33.8 Å². The lowest BCUT2D eigenvalue weighted by atomic mass is 10.2. The van der Waals surface area contributed by atoms with Crippen molar-refractivity contribution in [2.45, 2.75) is 44.1 Å². The molecule has 1 aromatic heterocycles. The van der Waals surface area contributed by atoms with Crippen molar-refractivity contribution in [3.8, 4) is 0 Å². The number of fused-ring (bicyclic) bond motifs is 1. The number of nitrogens with zero attached hydrogens (tertiary/aromatic N) is 3. The summed E-state index contributed by atoms with van der Waals surface area (Å²) in [5.74, 6) is 0.392. The number of rotatable bonds is 6. The van der Waals surface area contributed by atoms with Crippen molar-refractivity contribution in [2.24, 2.45) is 0 Å². The first-order valence-corrected chi connectivity index (χ1v) is 9.08. The Morgan fingerprint density at radius 3 is 2.57 bits per heavy atom. The van der Waals surface area contributed by atoms with E-state index in [0.717, 1.165) is 14.6 Å². The van der Waals surface area contributed by atoms with Crippen LogP contribution in [0.15, 0.2) is 22.5 Å². The van der Waals surface area contributed by atoms with Crippen LogP contribution in [0.2, 0.25) is 0 Å². The van der Waals surface area contributed by atoms with Gasteiger partial charge >= 0.3 is 0 Å². The van der Waals surface area contributed by atoms with E-state index in [4.69, 9.17) is 0 Å². The first-order valence-electron chi connectivity index (χ1n) is 7.28. The molecule has 23 heavy (non-hydrogen) atoms. The maximum Gasteiger partial charge on any atom is 0.270 e. The predicted molar refractivity (Wildman–Crippen MR) is 94.1 cm³/mol. The summed E-state index contributed by atoms with van der Waals surface area (Å²) in [4.78, 5) is 29.0. The molecule has 8 heteroatoms. The highest BCUT2D eigenvalue weighted by atomic mass is 32.2. The van der Waals surface area contributed by atoms with Crippen LogP contribution in [0.1, 0.15) is 27.7 Å². The molecular formula is C15H19N3O3S2. The van der Waals surface area contributed by atoms with Gasteiger partial charge in [-0.1, -0.05) is 11.8 Å². The molecule has 0 aliphatic heterocycles. The highest BCUT2D eigenvalue weighted by Crippen LogP contribution is 2.32. The average Bonchev–Trinajstić information content (AvgIpc) is 2.85. The average molecular weight is 353 g/mol. The molecule has 1 amide bonds. The van der Waals surface area contributed by atoms with Crippen LogP contribution in [0, 0.1) is 10.1 Å². The molecule has 0 N–H and O–H groups in total. The first kappa shape index (κ1) is 17.7. The molecule has 2 aromatic rings. The summed E-state index contributed by atoms with van der Waals surface area (Å²) >= 11 is 2.75. The van der Waals surface area contributed by atoms with E-state index in [0.29, 0.717) is 5.75 Å². The molecule has 0 radical (unpaired) electrons. The van der Waals surface area contributed by atoms with Gasteiger partial charge in [0, 0.05) is 24.2 Å². The van der Waals surface area contributed by atoms with Crippen molar-refractivity contribution in [3.63, 3.8) is 0 Å². The molecule has 0 saturated heterocycles. The fraction of sp³-hybridized carbons (Fsp3) is 0.467. The van der Waals surface area contributed by atoms with Crippen molar-refractivity contribution in [1.29, 1.82) is 0 Å². The third kappa shape index (κ3) is 4.20. The minimum atomic E-state index is -0.418. The summed E-state index contributed by atoms with van der Waals surface area (Å²) in [7, 11) is 0. The van der Waals surface area contributed by atoms with E-state index in [1.165, 1.54) is 35.2 Å². The zero-order chi connectivity index (χ0) is 17.1. The van der Waals surface area contributed by atoms with Crippen molar-refractivity contribution in [3.05, 3.63) is 28.3 Å². The summed E-state index contributed by atoms with van der Waals surface area (Å²) in [5, 5.41) is 10.8. The number of carbonyl (C=O) groups excluding carboxylic acids is 1. The predicted octanol–water partition coefficient (Wildman–Crippen LogP) is 3.94. The summed E-state index contributed by atoms with van der Waals surface area (Å²) in [6, 6.07) is 4.92. The number of thioether (sulfide) groups is 1. The second-order valence-corrected chi connectivity index (χ2v) is 7.92. The van der Waals surface area contributed by atoms with Crippen molar-refractivity contribution >= 4 is 44.9 Å². The van der Waals surface area contributed by atoms with Crippen LogP contribution in [-0.2, 0) is 4.79 Å². The van der Waals surface area contributed by atoms with E-state index in [1.807, 2.05) is 32.6 Å². The van der Waals surface area contributed by atoms with E-state index in [-0.39, 0.29) is 23.7 Å². The van der Waals surface area contributed by atoms with Gasteiger partial charge in [-0.15, -0.1) is 11.3 Å². The molecule has 2 rings (SSSR count). The van der Waals surface area contributed by atoms with Gasteiger partial charge in [0.15, 0.2) is 4.34 Å². The van der Waals surface area contributed by atoms with E-state index in [1.54, 1.807) is 6.07 Å². The maximum absolute atomic E-state index is 12.4. The number of benzene rings is 1. The SMILES string of the molecule is CC(C)N(C(=O)CSc1nc2ccc([N+](=O)[O-])cc2s1)C(C)C. The Kier molecular flexibility index (Phi) is 5.59. The lowest BCUT2D eigenvalue weighted by Crippen LogP contribution is -2.43. The minimum Gasteiger partial charge on any atom is -0.337 e. The van der Waals surface area contributed by atoms with Crippen LogP contribution < -0.4 is 0 Å². The normalized spacial score (nSPS) is 11.4. The van der Waals surface area contributed by atoms with Gasteiger partial charge < -0.3 is 4.90 Å². The van der Waals surface area contributed by atoms with Gasteiger partial charge in [0.1, 0.15) is 0 Å². The van der Waals surface area contributed by atoms with Crippen LogP contribution in [0.5, 0.6) is 0 Å². The Hall–Kier alpha value is -1.67. The molecule has 1 aromatic carbocycles. The summed E-state index contributed by atoms with van der Waals surface area (Å²) < 4.78 is 1.51. The van der Waals surface area contributed by atoms with E-state index in [9.17, 15) is 14.9 Å². The number of nitro groups is 1. The lowest BCUT2D eigenvalue weighted by Gasteiger charge is -2.30. The van der Waals surface area contributed by atoms with Gasteiger partial charge in [0.05, 0.1) is 20.9 Å². The summed E-state index contributed by atoms with van der Waals surface area (Å²) in [6.07, 6.45) is 0. The second kappa shape index (κ2) is 7.27. The zero-order valence-electron chi connectivity index (χ0n) is 13.5. The number of nitro benzene ring substituents is 1. The number of non-ortho nitro benzene ring substituents is 1. The number of amides is 1. The highest BCUT2D eigenvalue weighted by molar-refractivity contribution is 8.01. The molecule has 0 unspecified atom stereocenters. The number of thiazole rings is 1. The molecular weight excluding hydrogens is 334 g/mol. The molecule has 0 spiro atoms. The monoisotopic (exact) mass is 353 g/mol. The number of carbonyl (C=O) groups is 1. The van der Waals surface area contributed by atoms with Crippen molar-refractivity contribution in [2.75, 3.05) is 5.75 Å². The minimum absolute atomic E-state index is 0.0552. The molecule has 1 heterocycles. The highest BCUT2D eigenvalue weighted by Gasteiger charge is 2.20. The van der Waals surface area contributed by atoms with Crippen LogP contribution in [0.4, 0.5) is 5.69 Å². The first-order chi connectivity index (χ1) is 10.8. The fourth-order valence-electron chi connectivity index (χ4n) is 2.44. The van der Waals surface area contributed by atoms with Crippen molar-refractivity contribution < 1.29 is 9.72 Å². The molecule has 0 saturated carbocycles. The Morgan fingerprint density at radius 2 is 2.00 bits per heavy atom. The quantitative estimate of drug-likeness (QED) is 0.446. The second-order valence-electron chi connectivity index (χ2n) is 5.67. The van der Waals surface area contributed by atoms with Gasteiger partial charge in [0.2, 0.25) is 5.91 Å². The van der Waals surface area contributed by atoms with Crippen LogP contribution >= 0.6 is 23.1 Å². The Balaban J connectivity index is 2.10. The number of aromatic nitrogens is 1. The van der Waals surface area contributed by atoms with Crippen LogP contribution in [-0.4, -0.2) is 38.6 Å². The van der Waals surface area contributed by atoms with Gasteiger partial charge in [-0.3, -0.25) is 14.9 Å². The molecule has 0 atom stereocenters. The largest absolute Gasteiger partial charge is 0.337 e. The summed E-state index contributed by atoms with van der Waals surface area (Å²) in [6.45, 7) is 8.00. The van der Waals surface area contributed by atoms with Gasteiger partial charge in [0.25, 0.3) is 5.69 Å². The lowest BCUT2D eigenvalue weighted by molar-refractivity contribution is -0.384. The molecule has 0 bridgehead atoms. The maximum atomic E-state index is 12.4. The third-order valence-corrected chi connectivity index (χ3v) is 5.43. The van der Waals surface area contributed by atoms with Crippen LogP contribution in [0.25, 0.3) is 10.2 Å². The number of hydrogen-bond donors (Lipinski definition) is 0. The zero-order valence-corrected chi connectivity index (χ0v) is 15.1. The fourth-order valence-corrected chi connectivity index (χ4v) is 4.41. The Labute approximate surface area is 143 Å². The van der Waals surface area contributed by atoms with E-state index >= 15 is 0 Å². The third-order valence-electron chi connectivity index (χ3n) is 3.28. The molecule has 0 aliphatic rings. The molecule has 0 aliphatic carbocycles. The summed E-state index contributed by atoms with van der Waals surface area (Å²) in [5.41, 5.74) is 0.777. The van der Waals surface area contributed by atoms with Crippen molar-refractivity contribution in [1.82, 2.24) is 9.88 Å². The Bertz CT molecular complexity index is 720. The number of hydrogen-bond acceptors (Lipinski definition) is 6. The topological polar surface area (TPSA) is 76.3 Å². The van der Waals surface area contributed by atoms with E-state index in [2.05, 4.69) is 4.98 Å². The standard InChI is InChI=1S/C15H19N3O3S2/c1-9(2)17(10(3)4)14(19)8-22-15-16-12-6-5-11(18(20)21)7-13(12)23-15/h5-7,9-10H,8H2,1-4H3.